The fourth-order valence-electron chi connectivity index (χ4n) is 2.49. The number of primary amides is 1. The highest BCUT2D eigenvalue weighted by atomic mass is 32.1. The molecule has 0 aliphatic heterocycles. The number of benzene rings is 2. The molecule has 0 unspecified atom stereocenters. The van der Waals surface area contributed by atoms with Crippen molar-refractivity contribution >= 4 is 28.2 Å². The van der Waals surface area contributed by atoms with Gasteiger partial charge in [-0.2, -0.15) is 0 Å². The van der Waals surface area contributed by atoms with Crippen molar-refractivity contribution in [2.75, 3.05) is 5.32 Å². The first-order valence-corrected chi connectivity index (χ1v) is 8.81. The van der Waals surface area contributed by atoms with Crippen molar-refractivity contribution in [2.24, 2.45) is 5.73 Å². The fourth-order valence-corrected chi connectivity index (χ4v) is 3.55. The molecule has 0 radical (unpaired) electrons. The van der Waals surface area contributed by atoms with E-state index in [1.807, 2.05) is 44.2 Å². The molecule has 26 heavy (non-hydrogen) atoms. The number of amides is 2. The zero-order valence-electron chi connectivity index (χ0n) is 14.4. The van der Waals surface area contributed by atoms with Crippen LogP contribution in [0.1, 0.15) is 31.2 Å². The number of carbonyl (C=O) groups excluding carboxylic acids is 2. The standard InChI is InChI=1S/C20H18N2O3S/c1-12-13(2)26-20(17(12)18(21)23)22-19(24)14-8-10-16(11-9-14)25-15-6-4-3-5-7-15/h3-11H,1-2H3,(H2,21,23)(H,22,24). The zero-order valence-corrected chi connectivity index (χ0v) is 15.2. The minimum atomic E-state index is -0.547. The smallest absolute Gasteiger partial charge is 0.256 e. The molecule has 0 fully saturated rings. The van der Waals surface area contributed by atoms with Gasteiger partial charge in [0.25, 0.3) is 11.8 Å². The van der Waals surface area contributed by atoms with Crippen molar-refractivity contribution in [1.82, 2.24) is 0 Å². The summed E-state index contributed by atoms with van der Waals surface area (Å²) in [4.78, 5) is 25.1. The van der Waals surface area contributed by atoms with E-state index >= 15 is 0 Å². The molecular weight excluding hydrogens is 348 g/mol. The maximum Gasteiger partial charge on any atom is 0.256 e. The second kappa shape index (κ2) is 7.41. The Morgan fingerprint density at radius 3 is 2.19 bits per heavy atom. The van der Waals surface area contributed by atoms with Gasteiger partial charge in [-0.15, -0.1) is 11.3 Å². The number of nitrogens with two attached hydrogens (primary N) is 1. The second-order valence-corrected chi connectivity index (χ2v) is 6.97. The number of thiophene rings is 1. The third kappa shape index (κ3) is 3.75. The Balaban J connectivity index is 1.75. The lowest BCUT2D eigenvalue weighted by molar-refractivity contribution is 0.100. The number of hydrogen-bond donors (Lipinski definition) is 2. The third-order valence-electron chi connectivity index (χ3n) is 3.95. The number of hydrogen-bond acceptors (Lipinski definition) is 4. The van der Waals surface area contributed by atoms with Gasteiger partial charge in [-0.05, 0) is 55.8 Å². The van der Waals surface area contributed by atoms with Crippen LogP contribution in [0.2, 0.25) is 0 Å². The van der Waals surface area contributed by atoms with Crippen LogP contribution in [0.25, 0.3) is 0 Å². The molecule has 0 spiro atoms. The lowest BCUT2D eigenvalue weighted by atomic mass is 10.1. The maximum absolute atomic E-state index is 12.5. The van der Waals surface area contributed by atoms with Crippen LogP contribution in [0.3, 0.4) is 0 Å². The largest absolute Gasteiger partial charge is 0.457 e. The minimum absolute atomic E-state index is 0.306. The Kier molecular flexibility index (Phi) is 5.04. The monoisotopic (exact) mass is 366 g/mol. The van der Waals surface area contributed by atoms with E-state index in [1.54, 1.807) is 24.3 Å². The molecule has 0 atom stereocenters. The van der Waals surface area contributed by atoms with Crippen LogP contribution in [-0.2, 0) is 0 Å². The topological polar surface area (TPSA) is 81.4 Å². The van der Waals surface area contributed by atoms with E-state index < -0.39 is 5.91 Å². The summed E-state index contributed by atoms with van der Waals surface area (Å²) in [5, 5.41) is 3.25. The molecule has 3 aromatic rings. The highest BCUT2D eigenvalue weighted by molar-refractivity contribution is 7.16. The van der Waals surface area contributed by atoms with Gasteiger partial charge >= 0.3 is 0 Å². The van der Waals surface area contributed by atoms with Gasteiger partial charge in [0.2, 0.25) is 0 Å². The lowest BCUT2D eigenvalue weighted by Gasteiger charge is -2.08. The van der Waals surface area contributed by atoms with Crippen LogP contribution in [0.15, 0.2) is 54.6 Å². The van der Waals surface area contributed by atoms with E-state index in [-0.39, 0.29) is 5.91 Å². The van der Waals surface area contributed by atoms with Gasteiger partial charge in [0.1, 0.15) is 16.5 Å². The summed E-state index contributed by atoms with van der Waals surface area (Å²) in [6.07, 6.45) is 0. The molecule has 1 aromatic heterocycles. The van der Waals surface area contributed by atoms with E-state index in [2.05, 4.69) is 5.32 Å². The molecule has 5 nitrogen and oxygen atoms in total. The second-order valence-electron chi connectivity index (χ2n) is 5.75. The molecule has 0 aliphatic carbocycles. The first kappa shape index (κ1) is 17.7. The summed E-state index contributed by atoms with van der Waals surface area (Å²) >= 11 is 1.34. The number of rotatable bonds is 5. The number of anilines is 1. The van der Waals surface area contributed by atoms with Crippen LogP contribution in [-0.4, -0.2) is 11.8 Å². The zero-order chi connectivity index (χ0) is 18.7. The Hall–Kier alpha value is -3.12. The number of nitrogens with one attached hydrogen (secondary N) is 1. The van der Waals surface area contributed by atoms with Crippen LogP contribution in [0.5, 0.6) is 11.5 Å². The number of aryl methyl sites for hydroxylation is 1. The minimum Gasteiger partial charge on any atom is -0.457 e. The van der Waals surface area contributed by atoms with Crippen molar-refractivity contribution in [2.45, 2.75) is 13.8 Å². The van der Waals surface area contributed by atoms with Crippen molar-refractivity contribution < 1.29 is 14.3 Å². The molecule has 2 aromatic carbocycles. The summed E-state index contributed by atoms with van der Waals surface area (Å²) < 4.78 is 5.71. The average Bonchev–Trinajstić information content (AvgIpc) is 2.90. The Labute approximate surface area is 155 Å². The van der Waals surface area contributed by atoms with Gasteiger partial charge in [-0.3, -0.25) is 9.59 Å². The Morgan fingerprint density at radius 1 is 0.962 bits per heavy atom. The number of carbonyl (C=O) groups is 2. The van der Waals surface area contributed by atoms with Gasteiger partial charge in [-0.1, -0.05) is 18.2 Å². The lowest BCUT2D eigenvalue weighted by Crippen LogP contribution is -2.17. The molecule has 6 heteroatoms. The predicted octanol–water partition coefficient (Wildman–Crippen LogP) is 4.51. The summed E-state index contributed by atoms with van der Waals surface area (Å²) in [5.74, 6) is 0.502. The van der Waals surface area contributed by atoms with Gasteiger partial charge < -0.3 is 15.8 Å². The SMILES string of the molecule is Cc1sc(NC(=O)c2ccc(Oc3ccccc3)cc2)c(C(N)=O)c1C. The highest BCUT2D eigenvalue weighted by Gasteiger charge is 2.19. The van der Waals surface area contributed by atoms with Crippen molar-refractivity contribution in [3.63, 3.8) is 0 Å². The maximum atomic E-state index is 12.5. The fraction of sp³-hybridized carbons (Fsp3) is 0.100. The molecular formula is C20H18N2O3S. The highest BCUT2D eigenvalue weighted by Crippen LogP contribution is 2.32. The van der Waals surface area contributed by atoms with Gasteiger partial charge in [-0.25, -0.2) is 0 Å². The summed E-state index contributed by atoms with van der Waals surface area (Å²) in [7, 11) is 0. The molecule has 0 saturated heterocycles. The van der Waals surface area contributed by atoms with Crippen molar-refractivity contribution in [3.05, 3.63) is 76.2 Å². The number of para-hydroxylation sites is 1. The molecule has 0 bridgehead atoms. The van der Waals surface area contributed by atoms with Gasteiger partial charge in [0.15, 0.2) is 0 Å². The summed E-state index contributed by atoms with van der Waals surface area (Å²) in [6, 6.07) is 16.2. The predicted molar refractivity (Wildman–Crippen MR) is 103 cm³/mol. The molecule has 0 aliphatic rings. The van der Waals surface area contributed by atoms with Crippen LogP contribution in [0.4, 0.5) is 5.00 Å². The quantitative estimate of drug-likeness (QED) is 0.697. The van der Waals surface area contributed by atoms with Crippen LogP contribution in [0, 0.1) is 13.8 Å². The van der Waals surface area contributed by atoms with Crippen molar-refractivity contribution in [3.8, 4) is 11.5 Å². The molecule has 2 amide bonds. The first-order valence-electron chi connectivity index (χ1n) is 8.00. The molecule has 0 saturated carbocycles. The third-order valence-corrected chi connectivity index (χ3v) is 5.08. The molecule has 3 rings (SSSR count). The number of ether oxygens (including phenoxy) is 1. The summed E-state index contributed by atoms with van der Waals surface area (Å²) in [5.41, 5.74) is 7.06. The van der Waals surface area contributed by atoms with Crippen molar-refractivity contribution in [1.29, 1.82) is 0 Å². The Bertz CT molecular complexity index is 947. The van der Waals surface area contributed by atoms with Crippen LogP contribution < -0.4 is 15.8 Å². The van der Waals surface area contributed by atoms with Gasteiger partial charge in [0, 0.05) is 10.4 Å². The van der Waals surface area contributed by atoms with E-state index in [1.165, 1.54) is 11.3 Å². The van der Waals surface area contributed by atoms with E-state index in [0.29, 0.717) is 21.9 Å². The van der Waals surface area contributed by atoms with E-state index in [0.717, 1.165) is 16.2 Å². The van der Waals surface area contributed by atoms with E-state index in [4.69, 9.17) is 10.5 Å². The van der Waals surface area contributed by atoms with Crippen LogP contribution >= 0.6 is 11.3 Å². The molecule has 132 valence electrons. The normalized spacial score (nSPS) is 10.4. The van der Waals surface area contributed by atoms with E-state index in [9.17, 15) is 9.59 Å². The first-order chi connectivity index (χ1) is 12.5. The molecule has 3 N–H and O–H groups in total. The average molecular weight is 366 g/mol. The van der Waals surface area contributed by atoms with Gasteiger partial charge in [0.05, 0.1) is 5.56 Å². The summed E-state index contributed by atoms with van der Waals surface area (Å²) in [6.45, 7) is 3.70. The Morgan fingerprint density at radius 2 is 1.58 bits per heavy atom. The molecule has 1 heterocycles.